The molecule has 0 N–H and O–H groups in total. The Morgan fingerprint density at radius 3 is 2.50 bits per heavy atom. The molecular formula is C14H22ClFN2. The van der Waals surface area contributed by atoms with E-state index in [4.69, 9.17) is 11.6 Å². The second kappa shape index (κ2) is 7.57. The van der Waals surface area contributed by atoms with Gasteiger partial charge in [0, 0.05) is 24.8 Å². The topological polar surface area (TPSA) is 16.1 Å². The molecule has 0 aliphatic carbocycles. The number of halogens is 2. The molecule has 0 radical (unpaired) electrons. The van der Waals surface area contributed by atoms with E-state index in [9.17, 15) is 4.39 Å². The molecule has 4 heteroatoms. The first-order valence-corrected chi connectivity index (χ1v) is 7.15. The van der Waals surface area contributed by atoms with E-state index < -0.39 is 0 Å². The zero-order chi connectivity index (χ0) is 13.5. The van der Waals surface area contributed by atoms with Crippen LogP contribution in [-0.4, -0.2) is 18.1 Å². The van der Waals surface area contributed by atoms with Crippen molar-refractivity contribution < 1.29 is 4.39 Å². The highest BCUT2D eigenvalue weighted by molar-refractivity contribution is 6.17. The molecule has 18 heavy (non-hydrogen) atoms. The highest BCUT2D eigenvalue weighted by atomic mass is 35.5. The van der Waals surface area contributed by atoms with Gasteiger partial charge in [-0.1, -0.05) is 26.7 Å². The molecule has 0 aliphatic rings. The Labute approximate surface area is 114 Å². The van der Waals surface area contributed by atoms with Crippen LogP contribution in [0.3, 0.4) is 0 Å². The van der Waals surface area contributed by atoms with Crippen LogP contribution in [-0.2, 0) is 5.88 Å². The predicted octanol–water partition coefficient (Wildman–Crippen LogP) is 4.22. The molecule has 0 atom stereocenters. The second-order valence-electron chi connectivity index (χ2n) is 4.46. The van der Waals surface area contributed by atoms with Crippen LogP contribution >= 0.6 is 11.6 Å². The summed E-state index contributed by atoms with van der Waals surface area (Å²) in [7, 11) is 0. The average molecular weight is 273 g/mol. The van der Waals surface area contributed by atoms with E-state index in [0.29, 0.717) is 17.3 Å². The SMILES string of the molecule is CCC(CC)CN(CC)c1nccc(CCl)c1F. The van der Waals surface area contributed by atoms with Gasteiger partial charge in [0.25, 0.3) is 0 Å². The molecule has 2 nitrogen and oxygen atoms in total. The summed E-state index contributed by atoms with van der Waals surface area (Å²) in [5, 5.41) is 0. The Kier molecular flexibility index (Phi) is 6.41. The second-order valence-corrected chi connectivity index (χ2v) is 4.73. The van der Waals surface area contributed by atoms with E-state index >= 15 is 0 Å². The van der Waals surface area contributed by atoms with Crippen molar-refractivity contribution in [1.29, 1.82) is 0 Å². The number of hydrogen-bond acceptors (Lipinski definition) is 2. The van der Waals surface area contributed by atoms with Crippen molar-refractivity contribution in [1.82, 2.24) is 4.98 Å². The first-order chi connectivity index (χ1) is 8.67. The highest BCUT2D eigenvalue weighted by Gasteiger charge is 2.17. The molecule has 0 amide bonds. The van der Waals surface area contributed by atoms with Crippen LogP contribution < -0.4 is 4.90 Å². The van der Waals surface area contributed by atoms with Crippen molar-refractivity contribution in [2.75, 3.05) is 18.0 Å². The van der Waals surface area contributed by atoms with Gasteiger partial charge in [0.05, 0.1) is 5.88 Å². The fraction of sp³-hybridized carbons (Fsp3) is 0.643. The van der Waals surface area contributed by atoms with E-state index in [0.717, 1.165) is 25.9 Å². The van der Waals surface area contributed by atoms with E-state index in [2.05, 4.69) is 18.8 Å². The van der Waals surface area contributed by atoms with Crippen LogP contribution in [0.5, 0.6) is 0 Å². The van der Waals surface area contributed by atoms with Gasteiger partial charge in [-0.2, -0.15) is 0 Å². The lowest BCUT2D eigenvalue weighted by atomic mass is 10.0. The Hall–Kier alpha value is -0.830. The number of nitrogens with zero attached hydrogens (tertiary/aromatic N) is 2. The smallest absolute Gasteiger partial charge is 0.170 e. The lowest BCUT2D eigenvalue weighted by Gasteiger charge is -2.27. The molecule has 0 aromatic carbocycles. The summed E-state index contributed by atoms with van der Waals surface area (Å²) in [5.74, 6) is 0.915. The van der Waals surface area contributed by atoms with Crippen LogP contribution in [0.15, 0.2) is 12.3 Å². The van der Waals surface area contributed by atoms with E-state index in [1.165, 1.54) is 0 Å². The normalized spacial score (nSPS) is 11.0. The molecule has 1 rings (SSSR count). The summed E-state index contributed by atoms with van der Waals surface area (Å²) in [5.41, 5.74) is 0.518. The number of pyridine rings is 1. The minimum Gasteiger partial charge on any atom is -0.354 e. The molecule has 0 unspecified atom stereocenters. The molecule has 1 aromatic heterocycles. The Morgan fingerprint density at radius 2 is 2.00 bits per heavy atom. The molecule has 102 valence electrons. The van der Waals surface area contributed by atoms with Gasteiger partial charge < -0.3 is 4.90 Å². The minimum absolute atomic E-state index is 0.184. The number of rotatable bonds is 7. The fourth-order valence-corrected chi connectivity index (χ4v) is 2.23. The quantitative estimate of drug-likeness (QED) is 0.691. The molecule has 0 saturated heterocycles. The van der Waals surface area contributed by atoms with Crippen LogP contribution in [0.2, 0.25) is 0 Å². The summed E-state index contributed by atoms with van der Waals surface area (Å²) >= 11 is 5.73. The molecule has 0 aliphatic heterocycles. The third-order valence-electron chi connectivity index (χ3n) is 3.41. The molecule has 0 spiro atoms. The third kappa shape index (κ3) is 3.58. The first-order valence-electron chi connectivity index (χ1n) is 6.62. The van der Waals surface area contributed by atoms with Crippen LogP contribution in [0.1, 0.15) is 39.2 Å². The summed E-state index contributed by atoms with van der Waals surface area (Å²) in [4.78, 5) is 6.18. The van der Waals surface area contributed by atoms with Gasteiger partial charge in [-0.15, -0.1) is 11.6 Å². The standard InChI is InChI=1S/C14H22ClFN2/c1-4-11(5-2)10-18(6-3)14-13(16)12(9-15)7-8-17-14/h7-8,11H,4-6,9-10H2,1-3H3. The van der Waals surface area contributed by atoms with Crippen molar-refractivity contribution in [3.63, 3.8) is 0 Å². The highest BCUT2D eigenvalue weighted by Crippen LogP contribution is 2.22. The Bertz CT molecular complexity index is 367. The monoisotopic (exact) mass is 272 g/mol. The van der Waals surface area contributed by atoms with E-state index in [1.807, 2.05) is 11.8 Å². The Balaban J connectivity index is 2.94. The van der Waals surface area contributed by atoms with Crippen LogP contribution in [0, 0.1) is 11.7 Å². The average Bonchev–Trinajstić information content (AvgIpc) is 2.41. The number of hydrogen-bond donors (Lipinski definition) is 0. The van der Waals surface area contributed by atoms with E-state index in [-0.39, 0.29) is 11.7 Å². The lowest BCUT2D eigenvalue weighted by Crippen LogP contribution is -2.30. The molecule has 1 heterocycles. The summed E-state index contributed by atoms with van der Waals surface area (Å²) in [6, 6.07) is 1.64. The lowest BCUT2D eigenvalue weighted by molar-refractivity contribution is 0.479. The van der Waals surface area contributed by atoms with Crippen molar-refractivity contribution in [2.45, 2.75) is 39.5 Å². The number of alkyl halides is 1. The van der Waals surface area contributed by atoms with Crippen molar-refractivity contribution in [2.24, 2.45) is 5.92 Å². The maximum Gasteiger partial charge on any atom is 0.170 e. The molecule has 0 saturated carbocycles. The molecule has 1 aromatic rings. The van der Waals surface area contributed by atoms with Gasteiger partial charge >= 0.3 is 0 Å². The van der Waals surface area contributed by atoms with Crippen LogP contribution in [0.4, 0.5) is 10.2 Å². The fourth-order valence-electron chi connectivity index (χ4n) is 2.02. The van der Waals surface area contributed by atoms with Crippen molar-refractivity contribution in [3.05, 3.63) is 23.6 Å². The maximum absolute atomic E-state index is 14.2. The zero-order valence-electron chi connectivity index (χ0n) is 11.4. The summed E-state index contributed by atoms with van der Waals surface area (Å²) in [6.45, 7) is 7.96. The van der Waals surface area contributed by atoms with Crippen molar-refractivity contribution >= 4 is 17.4 Å². The first kappa shape index (κ1) is 15.2. The predicted molar refractivity (Wildman–Crippen MR) is 75.7 cm³/mol. The van der Waals surface area contributed by atoms with Gasteiger partial charge in [-0.3, -0.25) is 0 Å². The van der Waals surface area contributed by atoms with Gasteiger partial charge in [-0.25, -0.2) is 9.37 Å². The Morgan fingerprint density at radius 1 is 1.33 bits per heavy atom. The van der Waals surface area contributed by atoms with E-state index in [1.54, 1.807) is 12.3 Å². The number of anilines is 1. The molecular weight excluding hydrogens is 251 g/mol. The molecule has 0 bridgehead atoms. The van der Waals surface area contributed by atoms with Gasteiger partial charge in [-0.05, 0) is 18.9 Å². The zero-order valence-corrected chi connectivity index (χ0v) is 12.2. The van der Waals surface area contributed by atoms with Gasteiger partial charge in [0.2, 0.25) is 0 Å². The number of aromatic nitrogens is 1. The van der Waals surface area contributed by atoms with Gasteiger partial charge in [0.1, 0.15) is 0 Å². The minimum atomic E-state index is -0.277. The molecule has 0 fully saturated rings. The largest absolute Gasteiger partial charge is 0.354 e. The van der Waals surface area contributed by atoms with Crippen LogP contribution in [0.25, 0.3) is 0 Å². The maximum atomic E-state index is 14.2. The summed E-state index contributed by atoms with van der Waals surface area (Å²) < 4.78 is 14.2. The third-order valence-corrected chi connectivity index (χ3v) is 3.70. The van der Waals surface area contributed by atoms with Gasteiger partial charge in [0.15, 0.2) is 11.6 Å². The van der Waals surface area contributed by atoms with Crippen molar-refractivity contribution in [3.8, 4) is 0 Å². The summed E-state index contributed by atoms with van der Waals surface area (Å²) in [6.07, 6.45) is 3.83.